The Morgan fingerprint density at radius 2 is 1.51 bits per heavy atom. The van der Waals surface area contributed by atoms with Crippen LogP contribution in [0.15, 0.2) is 84.0 Å². The Morgan fingerprint density at radius 1 is 0.946 bits per heavy atom. The van der Waals surface area contributed by atoms with Crippen LogP contribution in [-0.2, 0) is 0 Å². The van der Waals surface area contributed by atoms with Gasteiger partial charge in [-0.15, -0.1) is 0 Å². The number of methoxy groups -OCH3 is 1. The minimum absolute atomic E-state index is 0.0237. The number of non-ortho nitro benzene ring substituents is 1. The van der Waals surface area contributed by atoms with Crippen molar-refractivity contribution < 1.29 is 14.5 Å². The molecule has 186 valence electrons. The summed E-state index contributed by atoms with van der Waals surface area (Å²) in [4.78, 5) is 32.0. The van der Waals surface area contributed by atoms with Crippen molar-refractivity contribution in [2.75, 3.05) is 12.4 Å². The highest BCUT2D eigenvalue weighted by atomic mass is 35.5. The molecule has 37 heavy (non-hydrogen) atoms. The van der Waals surface area contributed by atoms with Crippen molar-refractivity contribution in [3.05, 3.63) is 99.6 Å². The molecule has 0 aliphatic rings. The summed E-state index contributed by atoms with van der Waals surface area (Å²) >= 11 is 6.01. The maximum atomic E-state index is 12.6. The average Bonchev–Trinajstić information content (AvgIpc) is 2.92. The number of nitrogens with one attached hydrogen (secondary N) is 2. The van der Waals surface area contributed by atoms with Crippen molar-refractivity contribution in [2.24, 2.45) is 5.10 Å². The van der Waals surface area contributed by atoms with Crippen molar-refractivity contribution in [1.29, 1.82) is 0 Å². The van der Waals surface area contributed by atoms with E-state index in [1.807, 2.05) is 12.1 Å². The number of anilines is 1. The fourth-order valence-corrected chi connectivity index (χ4v) is 3.46. The molecule has 1 heterocycles. The van der Waals surface area contributed by atoms with Crippen LogP contribution in [0.25, 0.3) is 22.5 Å². The monoisotopic (exact) mass is 516 g/mol. The van der Waals surface area contributed by atoms with Crippen molar-refractivity contribution in [1.82, 2.24) is 15.4 Å². The smallest absolute Gasteiger partial charge is 0.342 e. The van der Waals surface area contributed by atoms with Gasteiger partial charge in [0.25, 0.3) is 5.69 Å². The Morgan fingerprint density at radius 3 is 2.05 bits per heavy atom. The van der Waals surface area contributed by atoms with Crippen LogP contribution in [0.1, 0.15) is 12.5 Å². The second-order valence-electron chi connectivity index (χ2n) is 7.76. The summed E-state index contributed by atoms with van der Waals surface area (Å²) in [5.41, 5.74) is 6.12. The summed E-state index contributed by atoms with van der Waals surface area (Å²) in [5, 5.41) is 18.3. The van der Waals surface area contributed by atoms with E-state index in [1.54, 1.807) is 68.6 Å². The highest BCUT2D eigenvalue weighted by Crippen LogP contribution is 2.27. The van der Waals surface area contributed by atoms with Crippen LogP contribution in [0.4, 0.5) is 16.4 Å². The number of carbonyl (C=O) groups excluding carboxylic acids is 1. The zero-order chi connectivity index (χ0) is 26.4. The third kappa shape index (κ3) is 6.44. The van der Waals surface area contributed by atoms with Crippen molar-refractivity contribution in [3.8, 4) is 28.3 Å². The molecule has 0 saturated heterocycles. The van der Waals surface area contributed by atoms with Gasteiger partial charge in [-0.05, 0) is 67.1 Å². The molecule has 2 amide bonds. The summed E-state index contributed by atoms with van der Waals surface area (Å²) in [7, 11) is 1.58. The van der Waals surface area contributed by atoms with E-state index in [0.29, 0.717) is 33.4 Å². The number of aromatic nitrogens is 2. The molecule has 0 atom stereocenters. The van der Waals surface area contributed by atoms with Gasteiger partial charge in [-0.1, -0.05) is 23.7 Å². The molecule has 3 aromatic carbocycles. The quantitative estimate of drug-likeness (QED) is 0.178. The minimum Gasteiger partial charge on any atom is -0.497 e. The van der Waals surface area contributed by atoms with Crippen LogP contribution in [0.5, 0.6) is 5.75 Å². The number of amides is 2. The van der Waals surface area contributed by atoms with E-state index >= 15 is 0 Å². The van der Waals surface area contributed by atoms with E-state index in [9.17, 15) is 14.9 Å². The van der Waals surface area contributed by atoms with E-state index < -0.39 is 11.0 Å². The van der Waals surface area contributed by atoms with E-state index in [0.717, 1.165) is 11.1 Å². The van der Waals surface area contributed by atoms with E-state index in [-0.39, 0.29) is 11.6 Å². The number of hydrogen-bond acceptors (Lipinski definition) is 7. The molecular weight excluding hydrogens is 496 g/mol. The number of hydrogen-bond donors (Lipinski definition) is 2. The van der Waals surface area contributed by atoms with E-state index in [4.69, 9.17) is 16.3 Å². The average molecular weight is 517 g/mol. The normalized spacial score (nSPS) is 11.1. The molecule has 0 bridgehead atoms. The summed E-state index contributed by atoms with van der Waals surface area (Å²) < 4.78 is 5.15. The van der Waals surface area contributed by atoms with Gasteiger partial charge >= 0.3 is 6.03 Å². The van der Waals surface area contributed by atoms with Gasteiger partial charge in [0, 0.05) is 28.3 Å². The highest BCUT2D eigenvalue weighted by molar-refractivity contribution is 6.30. The van der Waals surface area contributed by atoms with Gasteiger partial charge in [0.1, 0.15) is 5.75 Å². The molecule has 11 heteroatoms. The molecule has 0 aliphatic heterocycles. The predicted molar refractivity (Wildman–Crippen MR) is 142 cm³/mol. The Kier molecular flexibility index (Phi) is 7.70. The second kappa shape index (κ2) is 11.3. The summed E-state index contributed by atoms with van der Waals surface area (Å²) in [6.07, 6.45) is 0. The van der Waals surface area contributed by atoms with Crippen LogP contribution < -0.4 is 15.5 Å². The lowest BCUT2D eigenvalue weighted by atomic mass is 10.1. The lowest BCUT2D eigenvalue weighted by molar-refractivity contribution is -0.384. The number of nitro groups is 1. The standard InChI is InChI=1S/C26H21ClN6O4/c1-16(17-7-13-22(37-2)14-8-17)31-32-26(34)30-25-28-23(18-3-9-20(27)10-4-18)15-24(29-25)19-5-11-21(12-6-19)33(35)36/h3-15H,1-2H3,(H2,28,29,30,32,34)/b31-16-. The van der Waals surface area contributed by atoms with E-state index in [1.165, 1.54) is 12.1 Å². The van der Waals surface area contributed by atoms with Gasteiger partial charge in [-0.25, -0.2) is 20.2 Å². The zero-order valence-corrected chi connectivity index (χ0v) is 20.6. The molecule has 4 rings (SSSR count). The topological polar surface area (TPSA) is 132 Å². The summed E-state index contributed by atoms with van der Waals surface area (Å²) in [6.45, 7) is 1.76. The lowest BCUT2D eigenvalue weighted by Gasteiger charge is -2.10. The first-order valence-corrected chi connectivity index (χ1v) is 11.4. The fourth-order valence-electron chi connectivity index (χ4n) is 3.33. The van der Waals surface area contributed by atoms with Crippen LogP contribution in [-0.4, -0.2) is 33.7 Å². The maximum Gasteiger partial charge on any atom is 0.342 e. The van der Waals surface area contributed by atoms with Gasteiger partial charge in [0.15, 0.2) is 0 Å². The van der Waals surface area contributed by atoms with Crippen LogP contribution in [0.3, 0.4) is 0 Å². The van der Waals surface area contributed by atoms with Gasteiger partial charge in [-0.3, -0.25) is 15.4 Å². The molecule has 2 N–H and O–H groups in total. The number of hydrazone groups is 1. The molecule has 0 spiro atoms. The number of nitrogens with zero attached hydrogens (tertiary/aromatic N) is 4. The number of benzene rings is 3. The van der Waals surface area contributed by atoms with Crippen molar-refractivity contribution in [2.45, 2.75) is 6.92 Å². The van der Waals surface area contributed by atoms with Crippen LogP contribution >= 0.6 is 11.6 Å². The highest BCUT2D eigenvalue weighted by Gasteiger charge is 2.13. The van der Waals surface area contributed by atoms with E-state index in [2.05, 4.69) is 25.8 Å². The Balaban J connectivity index is 1.59. The Hall–Kier alpha value is -4.83. The lowest BCUT2D eigenvalue weighted by Crippen LogP contribution is -2.26. The largest absolute Gasteiger partial charge is 0.497 e. The van der Waals surface area contributed by atoms with Crippen molar-refractivity contribution in [3.63, 3.8) is 0 Å². The van der Waals surface area contributed by atoms with Crippen LogP contribution in [0.2, 0.25) is 5.02 Å². The maximum absolute atomic E-state index is 12.6. The van der Waals surface area contributed by atoms with Gasteiger partial charge in [-0.2, -0.15) is 5.10 Å². The number of carbonyl (C=O) groups is 1. The first kappa shape index (κ1) is 25.3. The van der Waals surface area contributed by atoms with Gasteiger partial charge in [0.2, 0.25) is 5.95 Å². The fraction of sp³-hybridized carbons (Fsp3) is 0.0769. The SMILES string of the molecule is COc1ccc(/C(C)=N\NC(=O)Nc2nc(-c3ccc(Cl)cc3)cc(-c3ccc([N+](=O)[O-])cc3)n2)cc1. The minimum atomic E-state index is -0.643. The Bertz CT molecular complexity index is 1460. The molecule has 4 aromatic rings. The zero-order valence-electron chi connectivity index (χ0n) is 19.8. The molecule has 10 nitrogen and oxygen atoms in total. The molecule has 0 aliphatic carbocycles. The molecular formula is C26H21ClN6O4. The first-order valence-electron chi connectivity index (χ1n) is 11.0. The number of rotatable bonds is 7. The van der Waals surface area contributed by atoms with Gasteiger partial charge in [0.05, 0.1) is 29.1 Å². The third-order valence-corrected chi connectivity index (χ3v) is 5.55. The number of nitro benzene ring substituents is 1. The molecule has 0 fully saturated rings. The number of urea groups is 1. The second-order valence-corrected chi connectivity index (χ2v) is 8.20. The Labute approximate surface area is 217 Å². The number of ether oxygens (including phenoxy) is 1. The summed E-state index contributed by atoms with van der Waals surface area (Å²) in [6, 6.07) is 21.3. The molecule has 0 radical (unpaired) electrons. The van der Waals surface area contributed by atoms with Gasteiger partial charge < -0.3 is 4.74 Å². The molecule has 0 saturated carbocycles. The molecule has 1 aromatic heterocycles. The summed E-state index contributed by atoms with van der Waals surface area (Å²) in [5.74, 6) is 0.736. The molecule has 0 unspecified atom stereocenters. The van der Waals surface area contributed by atoms with Crippen LogP contribution in [0, 0.1) is 10.1 Å². The first-order chi connectivity index (χ1) is 17.8. The third-order valence-electron chi connectivity index (χ3n) is 5.30. The number of halogens is 1. The van der Waals surface area contributed by atoms with Crippen molar-refractivity contribution >= 4 is 35.0 Å². The predicted octanol–water partition coefficient (Wildman–Crippen LogP) is 5.93.